The number of carbonyl (C=O) groups excluding carboxylic acids is 2. The van der Waals surface area contributed by atoms with Crippen LogP contribution in [0.1, 0.15) is 11.3 Å². The predicted octanol–water partition coefficient (Wildman–Crippen LogP) is 4.11. The molecule has 1 fully saturated rings. The lowest BCUT2D eigenvalue weighted by atomic mass is 10.0. The number of fused-ring (bicyclic) bond motifs is 1. The topological polar surface area (TPSA) is 54.3 Å². The number of nitrogens with zero attached hydrogens (tertiary/aromatic N) is 2. The first kappa shape index (κ1) is 19.7. The van der Waals surface area contributed by atoms with Gasteiger partial charge in [0.2, 0.25) is 0 Å². The van der Waals surface area contributed by atoms with E-state index in [1.807, 2.05) is 31.2 Å². The Morgan fingerprint density at radius 2 is 1.83 bits per heavy atom. The molecule has 1 aliphatic rings. The summed E-state index contributed by atoms with van der Waals surface area (Å²) in [7, 11) is 0. The van der Waals surface area contributed by atoms with Crippen LogP contribution in [-0.4, -0.2) is 21.5 Å². The van der Waals surface area contributed by atoms with Crippen LogP contribution in [0.3, 0.4) is 0 Å². The Morgan fingerprint density at radius 3 is 2.57 bits per heavy atom. The Balaban J connectivity index is 1.88. The molecule has 1 saturated heterocycles. The normalized spacial score (nSPS) is 15.7. The second-order valence-corrected chi connectivity index (χ2v) is 7.21. The van der Waals surface area contributed by atoms with Crippen molar-refractivity contribution in [3.63, 3.8) is 0 Å². The predicted molar refractivity (Wildman–Crippen MR) is 119 cm³/mol. The second kappa shape index (κ2) is 7.68. The van der Waals surface area contributed by atoms with Gasteiger partial charge in [-0.05, 0) is 43.4 Å². The van der Waals surface area contributed by atoms with E-state index in [4.69, 9.17) is 12.2 Å². The zero-order valence-corrected chi connectivity index (χ0v) is 17.0. The largest absolute Gasteiger partial charge is 0.340 e. The molecule has 0 spiro atoms. The van der Waals surface area contributed by atoms with E-state index in [2.05, 4.69) is 16.5 Å². The molecule has 2 heterocycles. The highest BCUT2D eigenvalue weighted by molar-refractivity contribution is 7.80. The van der Waals surface area contributed by atoms with Crippen molar-refractivity contribution in [3.05, 3.63) is 83.8 Å². The summed E-state index contributed by atoms with van der Waals surface area (Å²) in [6.07, 6.45) is 3.33. The number of halogens is 1. The fourth-order valence-electron chi connectivity index (χ4n) is 3.66. The van der Waals surface area contributed by atoms with Gasteiger partial charge in [0, 0.05) is 28.7 Å². The molecular formula is C23H18FN3O2S. The third kappa shape index (κ3) is 3.13. The van der Waals surface area contributed by atoms with Crippen molar-refractivity contribution in [1.29, 1.82) is 0 Å². The van der Waals surface area contributed by atoms with Crippen molar-refractivity contribution >= 4 is 51.8 Å². The third-order valence-electron chi connectivity index (χ3n) is 5.08. The van der Waals surface area contributed by atoms with Crippen molar-refractivity contribution in [3.8, 4) is 0 Å². The molecule has 5 nitrogen and oxygen atoms in total. The third-order valence-corrected chi connectivity index (χ3v) is 5.36. The lowest BCUT2D eigenvalue weighted by Gasteiger charge is -2.29. The SMILES string of the molecule is C=CCn1c(C)c(/C=C2\C(=O)NC(=S)N(c3ccccc3F)C2=O)c2ccccc21. The summed E-state index contributed by atoms with van der Waals surface area (Å²) in [5.41, 5.74) is 2.47. The smallest absolute Gasteiger partial charge is 0.270 e. The molecule has 3 aromatic rings. The van der Waals surface area contributed by atoms with Crippen LogP contribution in [0.15, 0.2) is 66.8 Å². The maximum atomic E-state index is 14.3. The molecule has 30 heavy (non-hydrogen) atoms. The van der Waals surface area contributed by atoms with E-state index in [1.54, 1.807) is 18.2 Å². The van der Waals surface area contributed by atoms with Crippen molar-refractivity contribution in [2.45, 2.75) is 13.5 Å². The van der Waals surface area contributed by atoms with Gasteiger partial charge in [-0.25, -0.2) is 9.29 Å². The van der Waals surface area contributed by atoms with Crippen LogP contribution < -0.4 is 10.2 Å². The highest BCUT2D eigenvalue weighted by Gasteiger charge is 2.36. The zero-order chi connectivity index (χ0) is 21.4. The van der Waals surface area contributed by atoms with E-state index in [1.165, 1.54) is 18.2 Å². The van der Waals surface area contributed by atoms with Crippen molar-refractivity contribution < 1.29 is 14.0 Å². The summed E-state index contributed by atoms with van der Waals surface area (Å²) in [6.45, 7) is 6.30. The summed E-state index contributed by atoms with van der Waals surface area (Å²) in [5.74, 6) is -1.89. The first-order valence-electron chi connectivity index (χ1n) is 9.28. The van der Waals surface area contributed by atoms with Crippen LogP contribution in [0.25, 0.3) is 17.0 Å². The van der Waals surface area contributed by atoms with Gasteiger partial charge in [-0.3, -0.25) is 14.9 Å². The molecule has 1 aliphatic heterocycles. The Hall–Kier alpha value is -3.58. The molecule has 0 aliphatic carbocycles. The minimum atomic E-state index is -0.672. The molecule has 4 rings (SSSR count). The fraction of sp³-hybridized carbons (Fsp3) is 0.0870. The Labute approximate surface area is 178 Å². The molecule has 0 unspecified atom stereocenters. The summed E-state index contributed by atoms with van der Waals surface area (Å²) >= 11 is 5.15. The van der Waals surface area contributed by atoms with Crippen LogP contribution in [-0.2, 0) is 16.1 Å². The van der Waals surface area contributed by atoms with E-state index >= 15 is 0 Å². The van der Waals surface area contributed by atoms with Gasteiger partial charge in [0.15, 0.2) is 5.11 Å². The van der Waals surface area contributed by atoms with Crippen molar-refractivity contribution in [2.24, 2.45) is 0 Å². The number of hydrogen-bond donors (Lipinski definition) is 1. The van der Waals surface area contributed by atoms with Crippen molar-refractivity contribution in [1.82, 2.24) is 9.88 Å². The molecule has 2 amide bonds. The molecule has 0 radical (unpaired) electrons. The van der Waals surface area contributed by atoms with Gasteiger partial charge in [-0.1, -0.05) is 36.4 Å². The maximum Gasteiger partial charge on any atom is 0.270 e. The number of hydrogen-bond acceptors (Lipinski definition) is 3. The number of thiocarbonyl (C=S) groups is 1. The Morgan fingerprint density at radius 1 is 1.13 bits per heavy atom. The first-order chi connectivity index (χ1) is 14.4. The second-order valence-electron chi connectivity index (χ2n) is 6.82. The molecule has 0 bridgehead atoms. The van der Waals surface area contributed by atoms with Gasteiger partial charge < -0.3 is 4.57 Å². The van der Waals surface area contributed by atoms with Crippen molar-refractivity contribution in [2.75, 3.05) is 4.90 Å². The van der Waals surface area contributed by atoms with E-state index in [0.717, 1.165) is 27.1 Å². The average Bonchev–Trinajstić information content (AvgIpc) is 2.98. The van der Waals surface area contributed by atoms with Gasteiger partial charge in [-0.15, -0.1) is 6.58 Å². The highest BCUT2D eigenvalue weighted by Crippen LogP contribution is 2.30. The van der Waals surface area contributed by atoms with Gasteiger partial charge in [0.25, 0.3) is 11.8 Å². The van der Waals surface area contributed by atoms with E-state index in [0.29, 0.717) is 6.54 Å². The minimum absolute atomic E-state index is 0.00999. The van der Waals surface area contributed by atoms with Crippen LogP contribution in [0, 0.1) is 12.7 Å². The molecule has 1 aromatic heterocycles. The molecular weight excluding hydrogens is 401 g/mol. The molecule has 2 aromatic carbocycles. The van der Waals surface area contributed by atoms with Gasteiger partial charge in [-0.2, -0.15) is 0 Å². The zero-order valence-electron chi connectivity index (χ0n) is 16.2. The standard InChI is InChI=1S/C23H18FN3O2S/c1-3-12-26-14(2)16(15-8-4-6-10-19(15)26)13-17-21(28)25-23(30)27(22(17)29)20-11-7-5-9-18(20)24/h3-11,13H,1,12H2,2H3,(H,25,28,30)/b17-13+. The number of rotatable bonds is 4. The minimum Gasteiger partial charge on any atom is -0.340 e. The summed E-state index contributed by atoms with van der Waals surface area (Å²) < 4.78 is 16.4. The van der Waals surface area contributed by atoms with Crippen LogP contribution >= 0.6 is 12.2 Å². The van der Waals surface area contributed by atoms with E-state index in [9.17, 15) is 14.0 Å². The number of benzene rings is 2. The van der Waals surface area contributed by atoms with Crippen LogP contribution in [0.2, 0.25) is 0 Å². The Kier molecular flexibility index (Phi) is 5.05. The Bertz CT molecular complexity index is 1260. The van der Waals surface area contributed by atoms with Crippen LogP contribution in [0.4, 0.5) is 10.1 Å². The summed E-state index contributed by atoms with van der Waals surface area (Å²) in [4.78, 5) is 26.8. The molecule has 0 saturated carbocycles. The number of allylic oxidation sites excluding steroid dienone is 1. The number of amides is 2. The lowest BCUT2D eigenvalue weighted by molar-refractivity contribution is -0.122. The quantitative estimate of drug-likeness (QED) is 0.300. The van der Waals surface area contributed by atoms with E-state index < -0.39 is 17.6 Å². The molecule has 0 atom stereocenters. The van der Waals surface area contributed by atoms with Gasteiger partial charge in [0.05, 0.1) is 5.69 Å². The lowest BCUT2D eigenvalue weighted by Crippen LogP contribution is -2.54. The fourth-order valence-corrected chi connectivity index (χ4v) is 3.93. The number of para-hydroxylation sites is 2. The summed E-state index contributed by atoms with van der Waals surface area (Å²) in [5, 5.41) is 3.24. The molecule has 7 heteroatoms. The number of carbonyl (C=O) groups is 2. The van der Waals surface area contributed by atoms with E-state index in [-0.39, 0.29) is 16.4 Å². The average molecular weight is 419 g/mol. The summed E-state index contributed by atoms with van der Waals surface area (Å²) in [6, 6.07) is 13.5. The number of nitrogens with one attached hydrogen (secondary N) is 1. The van der Waals surface area contributed by atoms with Gasteiger partial charge in [0.1, 0.15) is 11.4 Å². The maximum absolute atomic E-state index is 14.3. The molecule has 150 valence electrons. The monoisotopic (exact) mass is 419 g/mol. The highest BCUT2D eigenvalue weighted by atomic mass is 32.1. The van der Waals surface area contributed by atoms with Crippen LogP contribution in [0.5, 0.6) is 0 Å². The number of aromatic nitrogens is 1. The first-order valence-corrected chi connectivity index (χ1v) is 9.69. The molecule has 1 N–H and O–H groups in total. The van der Waals surface area contributed by atoms with Gasteiger partial charge >= 0.3 is 0 Å². The number of anilines is 1.